The number of rotatable bonds is 1. The summed E-state index contributed by atoms with van der Waals surface area (Å²) in [5.74, 6) is -0.394. The number of nitrogens with two attached hydrogens (primary N) is 1. The van der Waals surface area contributed by atoms with Crippen LogP contribution in [0.15, 0.2) is 4.99 Å². The van der Waals surface area contributed by atoms with E-state index in [0.29, 0.717) is 0 Å². The number of nitrogens with zero attached hydrogens (tertiary/aromatic N) is 2. The highest BCUT2D eigenvalue weighted by molar-refractivity contribution is 5.99. The van der Waals surface area contributed by atoms with Crippen molar-refractivity contribution in [1.82, 2.24) is 4.90 Å². The molecule has 0 aromatic carbocycles. The number of hydrogen-bond donors (Lipinski definition) is 1. The van der Waals surface area contributed by atoms with Gasteiger partial charge < -0.3 is 15.2 Å². The van der Waals surface area contributed by atoms with E-state index in [1.54, 1.807) is 41.5 Å². The molecule has 1 fully saturated rings. The van der Waals surface area contributed by atoms with Gasteiger partial charge in [0.15, 0.2) is 5.54 Å². The molecule has 1 rings (SSSR count). The van der Waals surface area contributed by atoms with Gasteiger partial charge in [-0.15, -0.1) is 0 Å². The van der Waals surface area contributed by atoms with Crippen LogP contribution in [0.25, 0.3) is 0 Å². The Morgan fingerprint density at radius 1 is 1.29 bits per heavy atom. The Bertz CT molecular complexity index is 475. The molecule has 1 aliphatic heterocycles. The van der Waals surface area contributed by atoms with Gasteiger partial charge >= 0.3 is 6.09 Å². The van der Waals surface area contributed by atoms with Crippen molar-refractivity contribution in [2.75, 3.05) is 6.61 Å². The fourth-order valence-electron chi connectivity index (χ4n) is 2.21. The van der Waals surface area contributed by atoms with E-state index in [2.05, 4.69) is 4.99 Å². The van der Waals surface area contributed by atoms with Gasteiger partial charge in [-0.2, -0.15) is 4.99 Å². The molecule has 0 radical (unpaired) electrons. The molecule has 0 spiro atoms. The first-order chi connectivity index (χ1) is 9.29. The smallest absolute Gasteiger partial charge is 0.413 e. The fraction of sp³-hybridized carbons (Fsp3) is 0.786. The van der Waals surface area contributed by atoms with Crippen LogP contribution < -0.4 is 5.73 Å². The van der Waals surface area contributed by atoms with Crippen molar-refractivity contribution in [3.8, 4) is 0 Å². The summed E-state index contributed by atoms with van der Waals surface area (Å²) in [6.45, 7) is 11.8. The monoisotopic (exact) mass is 299 g/mol. The topological polar surface area (TPSA) is 94.2 Å². The van der Waals surface area contributed by atoms with E-state index >= 15 is 0 Å². The van der Waals surface area contributed by atoms with Gasteiger partial charge in [-0.05, 0) is 48.5 Å². The van der Waals surface area contributed by atoms with Crippen molar-refractivity contribution in [2.45, 2.75) is 65.3 Å². The lowest BCUT2D eigenvalue weighted by atomic mass is 10.0. The zero-order valence-electron chi connectivity index (χ0n) is 13.8. The molecular weight excluding hydrogens is 274 g/mol. The number of amidine groups is 1. The number of ether oxygens (including phenoxy) is 2. The Balaban J connectivity index is 3.18. The maximum absolute atomic E-state index is 12.5. The molecular formula is C14H25N3O4. The Morgan fingerprint density at radius 2 is 1.81 bits per heavy atom. The molecule has 120 valence electrons. The summed E-state index contributed by atoms with van der Waals surface area (Å²) in [4.78, 5) is 29.9. The van der Waals surface area contributed by atoms with Crippen LogP contribution >= 0.6 is 0 Å². The fourth-order valence-corrected chi connectivity index (χ4v) is 2.21. The summed E-state index contributed by atoms with van der Waals surface area (Å²) in [5.41, 5.74) is 2.58. The van der Waals surface area contributed by atoms with Crippen LogP contribution in [0, 0.1) is 0 Å². The van der Waals surface area contributed by atoms with Crippen molar-refractivity contribution in [2.24, 2.45) is 10.7 Å². The summed E-state index contributed by atoms with van der Waals surface area (Å²) in [6.07, 6.45) is -0.620. The van der Waals surface area contributed by atoms with Crippen molar-refractivity contribution < 1.29 is 19.1 Å². The van der Waals surface area contributed by atoms with E-state index in [1.165, 1.54) is 11.8 Å². The Labute approximate surface area is 125 Å². The first-order valence-electron chi connectivity index (χ1n) is 6.82. The highest BCUT2D eigenvalue weighted by Crippen LogP contribution is 2.37. The molecule has 0 aliphatic carbocycles. The van der Waals surface area contributed by atoms with E-state index < -0.39 is 28.9 Å². The van der Waals surface area contributed by atoms with Crippen molar-refractivity contribution in [3.63, 3.8) is 0 Å². The third kappa shape index (κ3) is 3.72. The molecule has 7 nitrogen and oxygen atoms in total. The van der Waals surface area contributed by atoms with E-state index in [1.807, 2.05) is 0 Å². The van der Waals surface area contributed by atoms with Gasteiger partial charge in [0.2, 0.25) is 0 Å². The predicted octanol–water partition coefficient (Wildman–Crippen LogP) is 1.65. The average Bonchev–Trinajstić information content (AvgIpc) is 2.47. The molecule has 1 aliphatic rings. The number of hydrogen-bond acceptors (Lipinski definition) is 4. The van der Waals surface area contributed by atoms with E-state index in [0.717, 1.165) is 0 Å². The normalized spacial score (nSPS) is 25.9. The lowest BCUT2D eigenvalue weighted by Crippen LogP contribution is -2.59. The van der Waals surface area contributed by atoms with Crippen LogP contribution in [0.3, 0.4) is 0 Å². The van der Waals surface area contributed by atoms with Crippen molar-refractivity contribution >= 4 is 17.8 Å². The zero-order valence-corrected chi connectivity index (χ0v) is 13.8. The molecule has 0 saturated carbocycles. The molecule has 1 atom stereocenters. The van der Waals surface area contributed by atoms with Gasteiger partial charge in [0.1, 0.15) is 11.3 Å². The van der Waals surface area contributed by atoms with Crippen LogP contribution in [-0.4, -0.2) is 46.2 Å². The molecule has 0 bridgehead atoms. The van der Waals surface area contributed by atoms with Gasteiger partial charge in [0, 0.05) is 0 Å². The van der Waals surface area contributed by atoms with Gasteiger partial charge in [-0.1, -0.05) is 0 Å². The van der Waals surface area contributed by atoms with E-state index in [9.17, 15) is 9.59 Å². The SMILES string of the molecule is CC(N)=NC(=O)C1(C)COC(C)(C)N1C(=O)OC(C)(C)C. The number of aliphatic imine (C=N–C) groups is 1. The average molecular weight is 299 g/mol. The number of carbonyl (C=O) groups is 2. The largest absolute Gasteiger partial charge is 0.444 e. The molecule has 1 unspecified atom stereocenters. The maximum atomic E-state index is 12.5. The molecule has 2 amide bonds. The molecule has 2 N–H and O–H groups in total. The summed E-state index contributed by atoms with van der Waals surface area (Å²) >= 11 is 0. The lowest BCUT2D eigenvalue weighted by Gasteiger charge is -2.38. The Morgan fingerprint density at radius 3 is 2.24 bits per heavy atom. The third-order valence-electron chi connectivity index (χ3n) is 3.05. The molecule has 7 heteroatoms. The van der Waals surface area contributed by atoms with Gasteiger partial charge in [0.05, 0.1) is 12.4 Å². The summed E-state index contributed by atoms with van der Waals surface area (Å²) in [6, 6.07) is 0. The van der Waals surface area contributed by atoms with Gasteiger partial charge in [0.25, 0.3) is 5.91 Å². The zero-order chi connectivity index (χ0) is 16.6. The standard InChI is InChI=1S/C14H25N3O4/c1-9(15)16-10(18)14(7)8-20-13(5,6)17(14)11(19)21-12(2,3)4/h8H2,1-7H3,(H2,15,16,18). The molecule has 1 saturated heterocycles. The van der Waals surface area contributed by atoms with Crippen LogP contribution in [-0.2, 0) is 14.3 Å². The minimum absolute atomic E-state index is 0.0366. The number of carbonyl (C=O) groups excluding carboxylic acids is 2. The van der Waals surface area contributed by atoms with Crippen LogP contribution in [0.1, 0.15) is 48.5 Å². The first-order valence-corrected chi connectivity index (χ1v) is 6.82. The molecule has 1 heterocycles. The number of amides is 2. The summed E-state index contributed by atoms with van der Waals surface area (Å²) in [5, 5.41) is 0. The minimum atomic E-state index is -1.24. The molecule has 0 aromatic rings. The minimum Gasteiger partial charge on any atom is -0.444 e. The van der Waals surface area contributed by atoms with Crippen molar-refractivity contribution in [3.05, 3.63) is 0 Å². The summed E-state index contributed by atoms with van der Waals surface area (Å²) < 4.78 is 11.0. The van der Waals surface area contributed by atoms with E-state index in [4.69, 9.17) is 15.2 Å². The molecule has 21 heavy (non-hydrogen) atoms. The Hall–Kier alpha value is -1.63. The van der Waals surface area contributed by atoms with Crippen molar-refractivity contribution in [1.29, 1.82) is 0 Å². The van der Waals surface area contributed by atoms with Gasteiger partial charge in [-0.3, -0.25) is 9.69 Å². The first kappa shape index (κ1) is 17.4. The highest BCUT2D eigenvalue weighted by atomic mass is 16.6. The Kier molecular flexibility index (Phi) is 4.39. The van der Waals surface area contributed by atoms with Crippen LogP contribution in [0.2, 0.25) is 0 Å². The van der Waals surface area contributed by atoms with Crippen LogP contribution in [0.5, 0.6) is 0 Å². The second kappa shape index (κ2) is 5.29. The third-order valence-corrected chi connectivity index (χ3v) is 3.05. The predicted molar refractivity (Wildman–Crippen MR) is 78.8 cm³/mol. The van der Waals surface area contributed by atoms with Gasteiger partial charge in [-0.25, -0.2) is 4.79 Å². The lowest BCUT2D eigenvalue weighted by molar-refractivity contribution is -0.129. The second-order valence-corrected chi connectivity index (χ2v) is 6.88. The molecule has 0 aromatic heterocycles. The van der Waals surface area contributed by atoms with Crippen LogP contribution in [0.4, 0.5) is 4.79 Å². The quantitative estimate of drug-likeness (QED) is 0.587. The van der Waals surface area contributed by atoms with E-state index in [-0.39, 0.29) is 12.4 Å². The highest BCUT2D eigenvalue weighted by Gasteiger charge is 2.57. The maximum Gasteiger partial charge on any atom is 0.413 e. The second-order valence-electron chi connectivity index (χ2n) is 6.88. The summed E-state index contributed by atoms with van der Waals surface area (Å²) in [7, 11) is 0.